The van der Waals surface area contributed by atoms with Crippen molar-refractivity contribution in [2.75, 3.05) is 5.73 Å². The number of benzene rings is 1. The molecule has 0 aliphatic heterocycles. The molecule has 3 heterocycles. The number of allylic oxidation sites excluding steroid dienone is 4. The molecule has 1 amide bonds. The fourth-order valence-corrected chi connectivity index (χ4v) is 4.35. The molecule has 0 bridgehead atoms. The SMILES string of the molecule is C=CC(=O)NC1=CC=C(c2c(C)c3ncnc(N)c3n2-c2ccc(Oc3nccc(C)n3)c(F)c2)CC1. The topological polar surface area (TPSA) is 121 Å². The van der Waals surface area contributed by atoms with E-state index in [9.17, 15) is 4.79 Å². The standard InChI is InChI=1S/C27H24FN7O2/c1-4-22(36)34-18-7-5-17(6-8-18)24-16(3)23-25(26(29)32-14-31-23)35(24)19-9-10-21(20(28)13-19)37-27-30-12-11-15(2)33-27/h4-5,7,9-14H,1,6,8H2,2-3H3,(H,34,36)(H2,29,31,32). The lowest BCUT2D eigenvalue weighted by atomic mass is 9.97. The molecule has 1 aromatic carbocycles. The number of anilines is 1. The van der Waals surface area contributed by atoms with Crippen molar-refractivity contribution in [3.8, 4) is 17.4 Å². The summed E-state index contributed by atoms with van der Waals surface area (Å²) >= 11 is 0. The van der Waals surface area contributed by atoms with E-state index in [1.165, 1.54) is 24.5 Å². The Balaban J connectivity index is 1.61. The van der Waals surface area contributed by atoms with Crippen LogP contribution in [0.2, 0.25) is 0 Å². The largest absolute Gasteiger partial charge is 0.421 e. The Morgan fingerprint density at radius 3 is 2.73 bits per heavy atom. The molecular formula is C27H24FN7O2. The van der Waals surface area contributed by atoms with Gasteiger partial charge in [-0.2, -0.15) is 0 Å². The monoisotopic (exact) mass is 497 g/mol. The van der Waals surface area contributed by atoms with Crippen LogP contribution in [0.1, 0.15) is 29.8 Å². The van der Waals surface area contributed by atoms with Crippen LogP contribution in [0.25, 0.3) is 22.3 Å². The van der Waals surface area contributed by atoms with Gasteiger partial charge in [-0.05, 0) is 62.6 Å². The van der Waals surface area contributed by atoms with Gasteiger partial charge in [0.1, 0.15) is 11.8 Å². The Hall–Kier alpha value is -4.86. The summed E-state index contributed by atoms with van der Waals surface area (Å²) in [6, 6.07) is 6.42. The summed E-state index contributed by atoms with van der Waals surface area (Å²) in [6.07, 6.45) is 9.25. The van der Waals surface area contributed by atoms with Crippen LogP contribution < -0.4 is 15.8 Å². The summed E-state index contributed by atoms with van der Waals surface area (Å²) in [5.74, 6) is -0.574. The number of halogens is 1. The predicted octanol–water partition coefficient (Wildman–Crippen LogP) is 4.70. The lowest BCUT2D eigenvalue weighted by molar-refractivity contribution is -0.115. The molecule has 3 aromatic heterocycles. The maximum absolute atomic E-state index is 15.3. The van der Waals surface area contributed by atoms with Crippen LogP contribution in [0.4, 0.5) is 10.2 Å². The highest BCUT2D eigenvalue weighted by atomic mass is 19.1. The van der Waals surface area contributed by atoms with E-state index in [1.54, 1.807) is 25.3 Å². The van der Waals surface area contributed by atoms with Crippen molar-refractivity contribution in [1.82, 2.24) is 29.8 Å². The van der Waals surface area contributed by atoms with Crippen LogP contribution in [0.15, 0.2) is 67.3 Å². The lowest BCUT2D eigenvalue weighted by Crippen LogP contribution is -2.21. The predicted molar refractivity (Wildman–Crippen MR) is 138 cm³/mol. The smallest absolute Gasteiger partial charge is 0.322 e. The van der Waals surface area contributed by atoms with E-state index in [0.29, 0.717) is 35.3 Å². The van der Waals surface area contributed by atoms with Gasteiger partial charge in [-0.1, -0.05) is 12.7 Å². The summed E-state index contributed by atoms with van der Waals surface area (Å²) in [6.45, 7) is 7.24. The average molecular weight is 498 g/mol. The summed E-state index contributed by atoms with van der Waals surface area (Å²) in [5, 5.41) is 2.81. The van der Waals surface area contributed by atoms with Gasteiger partial charge in [0.2, 0.25) is 5.91 Å². The van der Waals surface area contributed by atoms with Gasteiger partial charge in [-0.3, -0.25) is 4.79 Å². The number of aryl methyl sites for hydroxylation is 2. The Morgan fingerprint density at radius 2 is 2.03 bits per heavy atom. The number of rotatable bonds is 6. The van der Waals surface area contributed by atoms with Crippen molar-refractivity contribution in [2.45, 2.75) is 26.7 Å². The average Bonchev–Trinajstić information content (AvgIpc) is 3.19. The van der Waals surface area contributed by atoms with Crippen LogP contribution in [-0.2, 0) is 4.79 Å². The third-order valence-electron chi connectivity index (χ3n) is 6.08. The van der Waals surface area contributed by atoms with Crippen molar-refractivity contribution in [3.63, 3.8) is 0 Å². The number of nitrogens with two attached hydrogens (primary N) is 1. The highest BCUT2D eigenvalue weighted by Crippen LogP contribution is 2.38. The van der Waals surface area contributed by atoms with E-state index in [2.05, 4.69) is 31.8 Å². The van der Waals surface area contributed by atoms with Gasteiger partial charge in [0.25, 0.3) is 0 Å². The Kier molecular flexibility index (Phi) is 6.22. The number of ether oxygens (including phenoxy) is 1. The molecule has 0 fully saturated rings. The number of amides is 1. The first-order chi connectivity index (χ1) is 17.9. The van der Waals surface area contributed by atoms with E-state index in [4.69, 9.17) is 10.5 Å². The van der Waals surface area contributed by atoms with Crippen molar-refractivity contribution in [3.05, 3.63) is 90.1 Å². The number of carbonyl (C=O) groups is 1. The zero-order valence-electron chi connectivity index (χ0n) is 20.3. The third-order valence-corrected chi connectivity index (χ3v) is 6.08. The molecule has 9 nitrogen and oxygen atoms in total. The minimum atomic E-state index is -0.588. The molecule has 0 unspecified atom stereocenters. The molecule has 186 valence electrons. The fourth-order valence-electron chi connectivity index (χ4n) is 4.35. The Bertz CT molecular complexity index is 1620. The molecular weight excluding hydrogens is 473 g/mol. The highest BCUT2D eigenvalue weighted by molar-refractivity contribution is 5.95. The molecule has 0 radical (unpaired) electrons. The third kappa shape index (κ3) is 4.56. The van der Waals surface area contributed by atoms with Crippen molar-refractivity contribution in [1.29, 1.82) is 0 Å². The first kappa shape index (κ1) is 23.9. The van der Waals surface area contributed by atoms with Gasteiger partial charge >= 0.3 is 6.01 Å². The zero-order valence-corrected chi connectivity index (χ0v) is 20.3. The second kappa shape index (κ2) is 9.65. The van der Waals surface area contributed by atoms with Gasteiger partial charge in [-0.25, -0.2) is 24.3 Å². The van der Waals surface area contributed by atoms with Crippen molar-refractivity contribution < 1.29 is 13.9 Å². The molecule has 37 heavy (non-hydrogen) atoms. The van der Waals surface area contributed by atoms with E-state index in [0.717, 1.165) is 22.5 Å². The maximum Gasteiger partial charge on any atom is 0.322 e. The fraction of sp³-hybridized carbons (Fsp3) is 0.148. The molecule has 0 atom stereocenters. The van der Waals surface area contributed by atoms with Gasteiger partial charge in [0.05, 0.1) is 11.2 Å². The molecule has 4 aromatic rings. The normalized spacial score (nSPS) is 13.2. The first-order valence-corrected chi connectivity index (χ1v) is 11.6. The molecule has 1 aliphatic rings. The number of carbonyl (C=O) groups excluding carboxylic acids is 1. The van der Waals surface area contributed by atoms with E-state index < -0.39 is 5.82 Å². The van der Waals surface area contributed by atoms with Crippen LogP contribution in [0.3, 0.4) is 0 Å². The number of aromatic nitrogens is 5. The van der Waals surface area contributed by atoms with E-state index >= 15 is 4.39 Å². The van der Waals surface area contributed by atoms with Gasteiger partial charge in [0.15, 0.2) is 17.4 Å². The van der Waals surface area contributed by atoms with Crippen LogP contribution in [-0.4, -0.2) is 30.4 Å². The number of nitrogens with zero attached hydrogens (tertiary/aromatic N) is 5. The summed E-state index contributed by atoms with van der Waals surface area (Å²) in [5.41, 5.74) is 12.3. The van der Waals surface area contributed by atoms with Gasteiger partial charge < -0.3 is 20.4 Å². The Labute approximate surface area is 212 Å². The van der Waals surface area contributed by atoms with Crippen LogP contribution in [0.5, 0.6) is 11.8 Å². The van der Waals surface area contributed by atoms with Crippen LogP contribution in [0, 0.1) is 19.7 Å². The molecule has 10 heteroatoms. The van der Waals surface area contributed by atoms with Crippen LogP contribution >= 0.6 is 0 Å². The Morgan fingerprint density at radius 1 is 1.19 bits per heavy atom. The zero-order chi connectivity index (χ0) is 26.1. The number of fused-ring (bicyclic) bond motifs is 1. The number of hydrogen-bond donors (Lipinski definition) is 2. The summed E-state index contributed by atoms with van der Waals surface area (Å²) in [7, 11) is 0. The number of nitrogens with one attached hydrogen (secondary N) is 1. The van der Waals surface area contributed by atoms with Crippen molar-refractivity contribution in [2.24, 2.45) is 0 Å². The summed E-state index contributed by atoms with van der Waals surface area (Å²) < 4.78 is 22.7. The van der Waals surface area contributed by atoms with E-state index in [-0.39, 0.29) is 23.5 Å². The number of hydrogen-bond acceptors (Lipinski definition) is 7. The second-order valence-electron chi connectivity index (χ2n) is 8.54. The summed E-state index contributed by atoms with van der Waals surface area (Å²) in [4.78, 5) is 28.5. The quantitative estimate of drug-likeness (QED) is 0.370. The first-order valence-electron chi connectivity index (χ1n) is 11.6. The molecule has 0 saturated heterocycles. The minimum Gasteiger partial charge on any atom is -0.421 e. The van der Waals surface area contributed by atoms with Crippen molar-refractivity contribution >= 4 is 28.3 Å². The van der Waals surface area contributed by atoms with E-state index in [1.807, 2.05) is 23.6 Å². The van der Waals surface area contributed by atoms with Gasteiger partial charge in [0, 0.05) is 34.9 Å². The molecule has 1 aliphatic carbocycles. The maximum atomic E-state index is 15.3. The van der Waals surface area contributed by atoms with Gasteiger partial charge in [-0.15, -0.1) is 0 Å². The minimum absolute atomic E-state index is 0.00396. The second-order valence-corrected chi connectivity index (χ2v) is 8.54. The molecule has 0 saturated carbocycles. The highest BCUT2D eigenvalue weighted by Gasteiger charge is 2.24. The molecule has 0 spiro atoms. The molecule has 5 rings (SSSR count). The molecule has 3 N–H and O–H groups in total. The lowest BCUT2D eigenvalue weighted by Gasteiger charge is -2.19. The number of nitrogen functional groups attached to an aromatic ring is 1.